The largest absolute Gasteiger partial charge is 0.480 e. The van der Waals surface area contributed by atoms with Crippen LogP contribution in [0.2, 0.25) is 0 Å². The van der Waals surface area contributed by atoms with Crippen LogP contribution in [0.15, 0.2) is 23.1 Å². The lowest BCUT2D eigenvalue weighted by molar-refractivity contribution is -0.141. The Morgan fingerprint density at radius 2 is 1.93 bits per heavy atom. The zero-order valence-corrected chi connectivity index (χ0v) is 16.8. The molecule has 0 aromatic heterocycles. The van der Waals surface area contributed by atoms with E-state index in [-0.39, 0.29) is 29.5 Å². The van der Waals surface area contributed by atoms with Crippen LogP contribution in [0.4, 0.5) is 0 Å². The van der Waals surface area contributed by atoms with Gasteiger partial charge in [0.15, 0.2) is 0 Å². The predicted molar refractivity (Wildman–Crippen MR) is 99.2 cm³/mol. The second-order valence-electron chi connectivity index (χ2n) is 6.47. The van der Waals surface area contributed by atoms with E-state index < -0.39 is 27.9 Å². The minimum Gasteiger partial charge on any atom is -0.480 e. The molecular formula is C18H26N2O6S. The zero-order chi connectivity index (χ0) is 20.4. The number of aliphatic carboxylic acids is 1. The Balaban J connectivity index is 2.43. The van der Waals surface area contributed by atoms with E-state index >= 15 is 0 Å². The molecule has 1 fully saturated rings. The Morgan fingerprint density at radius 1 is 1.30 bits per heavy atom. The highest BCUT2D eigenvalue weighted by Crippen LogP contribution is 2.26. The Morgan fingerprint density at radius 3 is 2.44 bits per heavy atom. The molecule has 1 aromatic carbocycles. The molecule has 150 valence electrons. The highest BCUT2D eigenvalue weighted by atomic mass is 32.2. The lowest BCUT2D eigenvalue weighted by Crippen LogP contribution is -2.40. The number of nitrogens with zero attached hydrogens (tertiary/aromatic N) is 2. The second-order valence-corrected chi connectivity index (χ2v) is 8.38. The fourth-order valence-corrected chi connectivity index (χ4v) is 5.02. The quantitative estimate of drug-likeness (QED) is 0.743. The first-order valence-electron chi connectivity index (χ1n) is 8.84. The third kappa shape index (κ3) is 4.15. The van der Waals surface area contributed by atoms with Crippen LogP contribution in [-0.4, -0.2) is 73.5 Å². The van der Waals surface area contributed by atoms with Gasteiger partial charge in [-0.3, -0.25) is 4.79 Å². The SMILES string of the molecule is CCN(CC)S(=O)(=O)c1cc(C(=O)N2CC(OC)CC2C(=O)O)ccc1C. The Labute approximate surface area is 159 Å². The molecule has 1 aliphatic heterocycles. The minimum atomic E-state index is -3.74. The maximum Gasteiger partial charge on any atom is 0.326 e. The standard InChI is InChI=1S/C18H26N2O6S/c1-5-19(6-2)27(24,25)16-9-13(8-7-12(16)3)17(21)20-11-14(26-4)10-15(20)18(22)23/h7-9,14-15H,5-6,10-11H2,1-4H3,(H,22,23). The molecule has 1 amide bonds. The second kappa shape index (κ2) is 8.37. The van der Waals surface area contributed by atoms with Crippen LogP contribution in [0, 0.1) is 6.92 Å². The van der Waals surface area contributed by atoms with E-state index in [1.165, 1.54) is 28.4 Å². The summed E-state index contributed by atoms with van der Waals surface area (Å²) >= 11 is 0. The van der Waals surface area contributed by atoms with Gasteiger partial charge in [-0.05, 0) is 24.6 Å². The number of carbonyl (C=O) groups is 2. The molecule has 0 aliphatic carbocycles. The number of carbonyl (C=O) groups excluding carboxylic acids is 1. The number of ether oxygens (including phenoxy) is 1. The van der Waals surface area contributed by atoms with Crippen molar-refractivity contribution >= 4 is 21.9 Å². The van der Waals surface area contributed by atoms with Crippen molar-refractivity contribution in [2.24, 2.45) is 0 Å². The van der Waals surface area contributed by atoms with E-state index in [4.69, 9.17) is 4.74 Å². The molecular weight excluding hydrogens is 372 g/mol. The highest BCUT2D eigenvalue weighted by molar-refractivity contribution is 7.89. The number of aryl methyl sites for hydroxylation is 1. The topological polar surface area (TPSA) is 104 Å². The molecule has 1 aliphatic rings. The van der Waals surface area contributed by atoms with E-state index in [0.717, 1.165) is 0 Å². The van der Waals surface area contributed by atoms with Crippen molar-refractivity contribution in [3.05, 3.63) is 29.3 Å². The minimum absolute atomic E-state index is 0.0615. The lowest BCUT2D eigenvalue weighted by atomic mass is 10.1. The molecule has 2 atom stereocenters. The number of hydrogen-bond acceptors (Lipinski definition) is 5. The summed E-state index contributed by atoms with van der Waals surface area (Å²) in [5, 5.41) is 9.41. The van der Waals surface area contributed by atoms with E-state index in [1.54, 1.807) is 26.8 Å². The molecule has 0 saturated carbocycles. The summed E-state index contributed by atoms with van der Waals surface area (Å²) in [6.07, 6.45) is -0.159. The smallest absolute Gasteiger partial charge is 0.326 e. The van der Waals surface area contributed by atoms with E-state index in [9.17, 15) is 23.1 Å². The number of rotatable bonds is 7. The van der Waals surface area contributed by atoms with Crippen LogP contribution in [0.1, 0.15) is 36.2 Å². The summed E-state index contributed by atoms with van der Waals surface area (Å²) in [4.78, 5) is 25.7. The molecule has 2 unspecified atom stereocenters. The number of methoxy groups -OCH3 is 1. The Hall–Kier alpha value is -1.97. The van der Waals surface area contributed by atoms with Crippen LogP contribution in [0.5, 0.6) is 0 Å². The number of sulfonamides is 1. The number of amides is 1. The normalized spacial score (nSPS) is 20.3. The summed E-state index contributed by atoms with van der Waals surface area (Å²) in [6.45, 7) is 5.95. The van der Waals surface area contributed by atoms with Crippen molar-refractivity contribution in [2.45, 2.75) is 44.2 Å². The Kier molecular flexibility index (Phi) is 6.61. The van der Waals surface area contributed by atoms with Crippen molar-refractivity contribution in [1.29, 1.82) is 0 Å². The van der Waals surface area contributed by atoms with Crippen molar-refractivity contribution in [3.8, 4) is 0 Å². The van der Waals surface area contributed by atoms with Gasteiger partial charge in [-0.15, -0.1) is 0 Å². The van der Waals surface area contributed by atoms with Crippen molar-refractivity contribution in [3.63, 3.8) is 0 Å². The van der Waals surface area contributed by atoms with Gasteiger partial charge in [0.2, 0.25) is 10.0 Å². The zero-order valence-electron chi connectivity index (χ0n) is 16.0. The molecule has 9 heteroatoms. The van der Waals surface area contributed by atoms with Gasteiger partial charge >= 0.3 is 5.97 Å². The van der Waals surface area contributed by atoms with Crippen LogP contribution in [0.3, 0.4) is 0 Å². The Bertz CT molecular complexity index is 819. The van der Waals surface area contributed by atoms with Gasteiger partial charge in [0.05, 0.1) is 11.0 Å². The molecule has 0 bridgehead atoms. The monoisotopic (exact) mass is 398 g/mol. The maximum absolute atomic E-state index is 12.9. The van der Waals surface area contributed by atoms with E-state index in [1.807, 2.05) is 0 Å². The number of benzene rings is 1. The van der Waals surface area contributed by atoms with Crippen molar-refractivity contribution < 1.29 is 27.9 Å². The van der Waals surface area contributed by atoms with Gasteiger partial charge in [-0.25, -0.2) is 13.2 Å². The molecule has 2 rings (SSSR count). The van der Waals surface area contributed by atoms with Gasteiger partial charge < -0.3 is 14.7 Å². The average molecular weight is 398 g/mol. The van der Waals surface area contributed by atoms with Gasteiger partial charge in [0, 0.05) is 38.7 Å². The fraction of sp³-hybridized carbons (Fsp3) is 0.556. The molecule has 1 saturated heterocycles. The first-order valence-corrected chi connectivity index (χ1v) is 10.3. The van der Waals surface area contributed by atoms with Crippen LogP contribution < -0.4 is 0 Å². The molecule has 1 aromatic rings. The fourth-order valence-electron chi connectivity index (χ4n) is 3.31. The van der Waals surface area contributed by atoms with Gasteiger partial charge in [-0.1, -0.05) is 19.9 Å². The molecule has 0 spiro atoms. The molecule has 1 heterocycles. The molecule has 27 heavy (non-hydrogen) atoms. The molecule has 1 N–H and O–H groups in total. The number of hydrogen-bond donors (Lipinski definition) is 1. The van der Waals surface area contributed by atoms with Crippen LogP contribution in [0.25, 0.3) is 0 Å². The maximum atomic E-state index is 12.9. The first-order chi connectivity index (χ1) is 12.7. The predicted octanol–water partition coefficient (Wildman–Crippen LogP) is 1.34. The first kappa shape index (κ1) is 21.3. The van der Waals surface area contributed by atoms with Crippen molar-refractivity contribution in [2.75, 3.05) is 26.7 Å². The van der Waals surface area contributed by atoms with E-state index in [0.29, 0.717) is 18.7 Å². The summed E-state index contributed by atoms with van der Waals surface area (Å²) in [7, 11) is -2.26. The van der Waals surface area contributed by atoms with Crippen LogP contribution in [-0.2, 0) is 19.6 Å². The molecule has 8 nitrogen and oxygen atoms in total. The number of carboxylic acids is 1. The van der Waals surface area contributed by atoms with E-state index in [2.05, 4.69) is 0 Å². The summed E-state index contributed by atoms with van der Waals surface area (Å²) < 4.78 is 32.3. The summed E-state index contributed by atoms with van der Waals surface area (Å²) in [5.41, 5.74) is 0.679. The van der Waals surface area contributed by atoms with Crippen molar-refractivity contribution in [1.82, 2.24) is 9.21 Å². The third-order valence-corrected chi connectivity index (χ3v) is 7.09. The van der Waals surface area contributed by atoms with Gasteiger partial charge in [0.25, 0.3) is 5.91 Å². The third-order valence-electron chi connectivity index (χ3n) is 4.90. The van der Waals surface area contributed by atoms with Gasteiger partial charge in [0.1, 0.15) is 6.04 Å². The summed E-state index contributed by atoms with van der Waals surface area (Å²) in [5.74, 6) is -1.62. The lowest BCUT2D eigenvalue weighted by Gasteiger charge is -2.23. The van der Waals surface area contributed by atoms with Gasteiger partial charge in [-0.2, -0.15) is 4.31 Å². The van der Waals surface area contributed by atoms with Crippen LogP contribution >= 0.6 is 0 Å². The number of carboxylic acid groups (broad SMARTS) is 1. The highest BCUT2D eigenvalue weighted by Gasteiger charge is 2.40. The summed E-state index contributed by atoms with van der Waals surface area (Å²) in [6, 6.07) is 3.44. The average Bonchev–Trinajstić information content (AvgIpc) is 3.07. The number of likely N-dealkylation sites (tertiary alicyclic amines) is 1. The molecule has 0 radical (unpaired) electrons.